The fraction of sp³-hybridized carbons (Fsp3) is 0.455. The zero-order valence-corrected chi connectivity index (χ0v) is 35.2. The van der Waals surface area contributed by atoms with Gasteiger partial charge in [0, 0.05) is 46.5 Å². The Hall–Kier alpha value is -6.32. The van der Waals surface area contributed by atoms with Gasteiger partial charge in [0.05, 0.1) is 50.6 Å². The maximum atomic E-state index is 13.6. The van der Waals surface area contributed by atoms with Crippen LogP contribution in [0.1, 0.15) is 82.7 Å². The molecule has 1 fully saturated rings. The lowest BCUT2D eigenvalue weighted by Crippen LogP contribution is -2.51. The van der Waals surface area contributed by atoms with Gasteiger partial charge in [-0.3, -0.25) is 9.59 Å². The van der Waals surface area contributed by atoms with Crippen LogP contribution in [-0.2, 0) is 25.6 Å². The van der Waals surface area contributed by atoms with Gasteiger partial charge in [-0.1, -0.05) is 58.9 Å². The minimum Gasteiger partial charge on any atom is -0.488 e. The van der Waals surface area contributed by atoms with Crippen LogP contribution < -0.4 is 20.1 Å². The third-order valence-corrected chi connectivity index (χ3v) is 11.3. The van der Waals surface area contributed by atoms with E-state index in [2.05, 4.69) is 25.6 Å². The van der Waals surface area contributed by atoms with Gasteiger partial charge in [0.2, 0.25) is 11.8 Å². The average molecular weight is 823 g/mol. The molecule has 0 radical (unpaired) electrons. The average Bonchev–Trinajstić information content (AvgIpc) is 4.05. The van der Waals surface area contributed by atoms with Crippen molar-refractivity contribution in [2.45, 2.75) is 78.6 Å². The zero-order valence-electron chi connectivity index (χ0n) is 35.2. The number of hydrogen-bond donors (Lipinski definition) is 4. The number of rotatable bonds is 13. The molecule has 0 aliphatic carbocycles. The second-order valence-electron chi connectivity index (χ2n) is 16.0. The molecule has 2 aromatic carbocycles. The van der Waals surface area contributed by atoms with Crippen molar-refractivity contribution in [1.82, 2.24) is 40.4 Å². The Morgan fingerprint density at radius 1 is 0.833 bits per heavy atom. The first-order valence-corrected chi connectivity index (χ1v) is 20.5. The lowest BCUT2D eigenvalue weighted by atomic mass is 9.89. The molecule has 16 heteroatoms. The van der Waals surface area contributed by atoms with E-state index in [1.54, 1.807) is 22.2 Å². The van der Waals surface area contributed by atoms with Crippen molar-refractivity contribution in [1.29, 1.82) is 0 Å². The van der Waals surface area contributed by atoms with Crippen molar-refractivity contribution in [2.75, 3.05) is 40.5 Å². The van der Waals surface area contributed by atoms with Crippen molar-refractivity contribution in [3.05, 3.63) is 71.6 Å². The van der Waals surface area contributed by atoms with Crippen LogP contribution >= 0.6 is 0 Å². The minimum atomic E-state index is -0.727. The molecule has 0 spiro atoms. The summed E-state index contributed by atoms with van der Waals surface area (Å²) in [5.41, 5.74) is 7.45. The van der Waals surface area contributed by atoms with E-state index in [4.69, 9.17) is 23.9 Å². The fourth-order valence-electron chi connectivity index (χ4n) is 8.12. The second-order valence-corrected chi connectivity index (χ2v) is 16.0. The highest BCUT2D eigenvalue weighted by Crippen LogP contribution is 2.45. The highest BCUT2D eigenvalue weighted by atomic mass is 16.5. The topological polar surface area (TPSA) is 193 Å². The van der Waals surface area contributed by atoms with Crippen molar-refractivity contribution in [2.24, 2.45) is 11.8 Å². The smallest absolute Gasteiger partial charge is 0.407 e. The highest BCUT2D eigenvalue weighted by Gasteiger charge is 2.38. The van der Waals surface area contributed by atoms with E-state index < -0.39 is 24.3 Å². The summed E-state index contributed by atoms with van der Waals surface area (Å²) in [6.07, 6.45) is 4.59. The van der Waals surface area contributed by atoms with Gasteiger partial charge in [-0.2, -0.15) is 0 Å². The van der Waals surface area contributed by atoms with Gasteiger partial charge in [-0.15, -0.1) is 0 Å². The first kappa shape index (κ1) is 41.8. The largest absolute Gasteiger partial charge is 0.488 e. The van der Waals surface area contributed by atoms with E-state index in [1.165, 1.54) is 14.2 Å². The van der Waals surface area contributed by atoms with Crippen molar-refractivity contribution >= 4 is 35.1 Å². The number of imidazole rings is 2. The van der Waals surface area contributed by atoms with Gasteiger partial charge < -0.3 is 49.3 Å². The molecule has 3 aliphatic heterocycles. The number of fused-ring (bicyclic) bond motifs is 4. The van der Waals surface area contributed by atoms with E-state index in [-0.39, 0.29) is 36.2 Å². The van der Waals surface area contributed by atoms with Crippen LogP contribution in [0.3, 0.4) is 0 Å². The predicted molar refractivity (Wildman–Crippen MR) is 224 cm³/mol. The third-order valence-electron chi connectivity index (χ3n) is 11.3. The molecule has 0 unspecified atom stereocenters. The Kier molecular flexibility index (Phi) is 12.5. The summed E-state index contributed by atoms with van der Waals surface area (Å²) in [5.74, 6) is 2.21. The van der Waals surface area contributed by atoms with Gasteiger partial charge in [0.1, 0.15) is 48.4 Å². The molecular weight excluding hydrogens is 769 g/mol. The second kappa shape index (κ2) is 17.9. The number of ether oxygens (including phenoxy) is 4. The van der Waals surface area contributed by atoms with Crippen LogP contribution in [0.15, 0.2) is 48.8 Å². The maximum Gasteiger partial charge on any atom is 0.407 e. The number of amides is 4. The lowest BCUT2D eigenvalue weighted by Gasteiger charge is -2.30. The number of carbonyl (C=O) groups is 4. The van der Waals surface area contributed by atoms with E-state index >= 15 is 0 Å². The summed E-state index contributed by atoms with van der Waals surface area (Å²) in [4.78, 5) is 70.8. The fourth-order valence-corrected chi connectivity index (χ4v) is 8.12. The summed E-state index contributed by atoms with van der Waals surface area (Å²) >= 11 is 0. The number of benzene rings is 2. The number of nitrogens with one attached hydrogen (secondary N) is 4. The van der Waals surface area contributed by atoms with Crippen LogP contribution in [0, 0.1) is 11.8 Å². The number of likely N-dealkylation sites (tertiary alicyclic amines) is 1. The first-order chi connectivity index (χ1) is 28.9. The molecule has 16 nitrogen and oxygen atoms in total. The lowest BCUT2D eigenvalue weighted by molar-refractivity contribution is -0.136. The van der Waals surface area contributed by atoms with Crippen molar-refractivity contribution < 1.29 is 38.1 Å². The van der Waals surface area contributed by atoms with Crippen LogP contribution in [0.2, 0.25) is 0 Å². The minimum absolute atomic E-state index is 0.121. The third kappa shape index (κ3) is 8.54. The Morgan fingerprint density at radius 3 is 1.97 bits per heavy atom. The van der Waals surface area contributed by atoms with Crippen LogP contribution in [0.25, 0.3) is 33.7 Å². The summed E-state index contributed by atoms with van der Waals surface area (Å²) in [6, 6.07) is 10.5. The number of aromatic nitrogens is 4. The molecule has 0 saturated carbocycles. The molecule has 7 rings (SSSR count). The number of nitrogens with zero attached hydrogens (tertiary/aromatic N) is 4. The Labute approximate surface area is 349 Å². The summed E-state index contributed by atoms with van der Waals surface area (Å²) < 4.78 is 22.3. The molecule has 4 aromatic rings. The van der Waals surface area contributed by atoms with Gasteiger partial charge in [0.25, 0.3) is 0 Å². The molecule has 4 amide bonds. The van der Waals surface area contributed by atoms with Crippen LogP contribution in [0.5, 0.6) is 11.5 Å². The standard InChI is InChI=1S/C44H54N8O8/c1-8-15-51(41(53)38(24(2)3)49-43(55)57-6)21-37-45-19-32(47-37)26-11-13-28-30-23-60-36-18-27(12-14-29(36)31(30)22-59-35(28)17-26)33-20-46-40(48-33)34-10-9-16-52(34)42(54)39(25(4)5)50-44(56)58-7/h11-14,17-20,24-25,34,38-39H,8-10,15-16,21-23H2,1-7H3,(H,45,47)(H,46,48)(H,49,55)(H,50,56)/t34-,38-,39-/m0/s1. The van der Waals surface area contributed by atoms with Crippen LogP contribution in [-0.4, -0.2) is 106 Å². The Morgan fingerprint density at radius 2 is 1.40 bits per heavy atom. The number of H-pyrrole nitrogens is 2. The first-order valence-electron chi connectivity index (χ1n) is 20.5. The Balaban J connectivity index is 1.05. The van der Waals surface area contributed by atoms with E-state index in [0.717, 1.165) is 75.5 Å². The van der Waals surface area contributed by atoms with Gasteiger partial charge >= 0.3 is 12.2 Å². The highest BCUT2D eigenvalue weighted by molar-refractivity contribution is 5.98. The molecule has 4 N–H and O–H groups in total. The quantitative estimate of drug-likeness (QED) is 0.119. The molecule has 318 valence electrons. The van der Waals surface area contributed by atoms with Gasteiger partial charge in [0.15, 0.2) is 0 Å². The molecule has 3 atom stereocenters. The molecule has 0 bridgehead atoms. The molecule has 3 aliphatic rings. The summed E-state index contributed by atoms with van der Waals surface area (Å²) in [7, 11) is 2.56. The SMILES string of the molecule is CCCN(Cc1ncc(-c2ccc3c(c2)OCC2=C3COc3cc(-c4cnc([C@@H]5CCCN5C(=O)[C@@H](NC(=O)OC)C(C)C)[nH]4)ccc32)[nH]1)C(=O)[C@@H](NC(=O)OC)C(C)C. The number of carbonyl (C=O) groups excluding carboxylic acids is 4. The van der Waals surface area contributed by atoms with Gasteiger partial charge in [-0.25, -0.2) is 19.6 Å². The van der Waals surface area contributed by atoms with E-state index in [0.29, 0.717) is 38.0 Å². The summed E-state index contributed by atoms with van der Waals surface area (Å²) in [6.45, 7) is 11.6. The molecule has 5 heterocycles. The number of alkyl carbamates (subject to hydrolysis) is 2. The normalized spacial score (nSPS) is 16.6. The van der Waals surface area contributed by atoms with Crippen molar-refractivity contribution in [3.63, 3.8) is 0 Å². The molecule has 1 saturated heterocycles. The number of aromatic amines is 2. The number of hydrogen-bond acceptors (Lipinski definition) is 10. The van der Waals surface area contributed by atoms with Crippen LogP contribution in [0.4, 0.5) is 9.59 Å². The predicted octanol–water partition coefficient (Wildman–Crippen LogP) is 6.33. The van der Waals surface area contributed by atoms with E-state index in [1.807, 2.05) is 71.0 Å². The maximum absolute atomic E-state index is 13.6. The van der Waals surface area contributed by atoms with E-state index in [9.17, 15) is 19.2 Å². The monoisotopic (exact) mass is 822 g/mol. The summed E-state index contributed by atoms with van der Waals surface area (Å²) in [5, 5.41) is 5.37. The van der Waals surface area contributed by atoms with Gasteiger partial charge in [-0.05, 0) is 43.2 Å². The molecule has 2 aromatic heterocycles. The molecule has 60 heavy (non-hydrogen) atoms. The molecular formula is C44H54N8O8. The zero-order chi connectivity index (χ0) is 42.7. The van der Waals surface area contributed by atoms with Crippen molar-refractivity contribution in [3.8, 4) is 34.0 Å². The number of methoxy groups -OCH3 is 2. The Bertz CT molecular complexity index is 2280.